The summed E-state index contributed by atoms with van der Waals surface area (Å²) in [6.45, 7) is 15.4. The highest BCUT2D eigenvalue weighted by Gasteiger charge is 2.27. The molecule has 1 nitrogen and oxygen atoms in total. The highest BCUT2D eigenvalue weighted by atomic mass is 14.9. The highest BCUT2D eigenvalue weighted by Crippen LogP contribution is 2.34. The predicted molar refractivity (Wildman–Crippen MR) is 86.4 cm³/mol. The van der Waals surface area contributed by atoms with Gasteiger partial charge in [-0.3, -0.25) is 0 Å². The van der Waals surface area contributed by atoms with Gasteiger partial charge < -0.3 is 5.32 Å². The molecule has 0 saturated heterocycles. The number of hydrogen-bond acceptors (Lipinski definition) is 1. The summed E-state index contributed by atoms with van der Waals surface area (Å²) in [4.78, 5) is 0. The maximum atomic E-state index is 3.78. The summed E-state index contributed by atoms with van der Waals surface area (Å²) in [6, 6.07) is 0.759. The molecule has 0 aromatic carbocycles. The molecule has 0 aromatic heterocycles. The molecule has 19 heavy (non-hydrogen) atoms. The van der Waals surface area contributed by atoms with Gasteiger partial charge in [0.25, 0.3) is 0 Å². The first-order valence-corrected chi connectivity index (χ1v) is 8.55. The van der Waals surface area contributed by atoms with Crippen LogP contribution in [0.4, 0.5) is 0 Å². The maximum Gasteiger partial charge on any atom is 0.00977 e. The summed E-state index contributed by atoms with van der Waals surface area (Å²) in [6.07, 6.45) is 8.49. The first-order valence-electron chi connectivity index (χ1n) is 8.55. The lowest BCUT2D eigenvalue weighted by atomic mass is 9.75. The zero-order valence-electron chi connectivity index (χ0n) is 14.3. The van der Waals surface area contributed by atoms with E-state index in [4.69, 9.17) is 0 Å². The normalized spacial score (nSPS) is 28.1. The second kappa shape index (κ2) is 7.67. The molecule has 0 radical (unpaired) electrons. The van der Waals surface area contributed by atoms with E-state index in [0.29, 0.717) is 5.41 Å². The van der Waals surface area contributed by atoms with E-state index >= 15 is 0 Å². The Morgan fingerprint density at radius 2 is 1.68 bits per heavy atom. The minimum absolute atomic E-state index is 0.470. The Bertz CT molecular complexity index is 233. The average Bonchev–Trinajstić information content (AvgIpc) is 2.27. The van der Waals surface area contributed by atoms with E-state index in [2.05, 4.69) is 46.9 Å². The molecule has 0 spiro atoms. The SMILES string of the molecule is CCNC(CC(C)CC(C)(C)C)C1CCC(C)CC1. The lowest BCUT2D eigenvalue weighted by Crippen LogP contribution is -2.39. The van der Waals surface area contributed by atoms with Crippen LogP contribution in [0.15, 0.2) is 0 Å². The Hall–Kier alpha value is -0.0400. The van der Waals surface area contributed by atoms with Gasteiger partial charge in [-0.25, -0.2) is 0 Å². The van der Waals surface area contributed by atoms with Gasteiger partial charge in [0.1, 0.15) is 0 Å². The zero-order chi connectivity index (χ0) is 14.5. The largest absolute Gasteiger partial charge is 0.314 e. The van der Waals surface area contributed by atoms with Crippen molar-refractivity contribution in [2.24, 2.45) is 23.2 Å². The van der Waals surface area contributed by atoms with Gasteiger partial charge in [0.15, 0.2) is 0 Å². The summed E-state index contributed by atoms with van der Waals surface area (Å²) in [5.74, 6) is 2.73. The fourth-order valence-corrected chi connectivity index (χ4v) is 3.96. The maximum absolute atomic E-state index is 3.78. The summed E-state index contributed by atoms with van der Waals surface area (Å²) >= 11 is 0. The Labute approximate surface area is 121 Å². The van der Waals surface area contributed by atoms with Crippen molar-refractivity contribution < 1.29 is 0 Å². The molecule has 1 aliphatic rings. The molecule has 0 bridgehead atoms. The molecular formula is C18H37N. The number of nitrogens with one attached hydrogen (secondary N) is 1. The van der Waals surface area contributed by atoms with Crippen LogP contribution in [-0.2, 0) is 0 Å². The molecule has 1 heteroatoms. The summed E-state index contributed by atoms with van der Waals surface area (Å²) in [5.41, 5.74) is 0.470. The lowest BCUT2D eigenvalue weighted by molar-refractivity contribution is 0.193. The first kappa shape index (κ1) is 17.0. The van der Waals surface area contributed by atoms with Crippen molar-refractivity contribution in [2.45, 2.75) is 86.1 Å². The fraction of sp³-hybridized carbons (Fsp3) is 1.00. The van der Waals surface area contributed by atoms with Gasteiger partial charge in [-0.15, -0.1) is 0 Å². The van der Waals surface area contributed by atoms with Crippen molar-refractivity contribution in [3.05, 3.63) is 0 Å². The molecule has 1 aliphatic carbocycles. The zero-order valence-corrected chi connectivity index (χ0v) is 14.3. The van der Waals surface area contributed by atoms with Crippen molar-refractivity contribution in [1.82, 2.24) is 5.32 Å². The number of hydrogen-bond donors (Lipinski definition) is 1. The van der Waals surface area contributed by atoms with Crippen molar-refractivity contribution in [3.8, 4) is 0 Å². The molecule has 2 atom stereocenters. The molecule has 1 fully saturated rings. The van der Waals surface area contributed by atoms with Crippen molar-refractivity contribution >= 4 is 0 Å². The van der Waals surface area contributed by atoms with Crippen LogP contribution >= 0.6 is 0 Å². The molecule has 1 saturated carbocycles. The van der Waals surface area contributed by atoms with Gasteiger partial charge in [0.2, 0.25) is 0 Å². The van der Waals surface area contributed by atoms with Gasteiger partial charge >= 0.3 is 0 Å². The molecule has 1 N–H and O–H groups in total. The Morgan fingerprint density at radius 3 is 2.16 bits per heavy atom. The molecule has 114 valence electrons. The molecule has 1 rings (SSSR count). The number of rotatable bonds is 6. The van der Waals surface area contributed by atoms with E-state index in [1.807, 2.05) is 0 Å². The van der Waals surface area contributed by atoms with Crippen LogP contribution in [0.5, 0.6) is 0 Å². The Kier molecular flexibility index (Phi) is 6.86. The third kappa shape index (κ3) is 6.79. The van der Waals surface area contributed by atoms with Gasteiger partial charge in [-0.1, -0.05) is 54.4 Å². The third-order valence-corrected chi connectivity index (χ3v) is 4.71. The molecule has 2 unspecified atom stereocenters. The Balaban J connectivity index is 2.47. The van der Waals surface area contributed by atoms with E-state index < -0.39 is 0 Å². The van der Waals surface area contributed by atoms with Gasteiger partial charge in [0, 0.05) is 6.04 Å². The highest BCUT2D eigenvalue weighted by molar-refractivity contribution is 4.83. The fourth-order valence-electron chi connectivity index (χ4n) is 3.96. The molecule has 0 heterocycles. The van der Waals surface area contributed by atoms with Crippen LogP contribution in [-0.4, -0.2) is 12.6 Å². The van der Waals surface area contributed by atoms with Crippen LogP contribution in [0.2, 0.25) is 0 Å². The molecular weight excluding hydrogens is 230 g/mol. The molecule has 0 amide bonds. The summed E-state index contributed by atoms with van der Waals surface area (Å²) in [7, 11) is 0. The quantitative estimate of drug-likeness (QED) is 0.693. The minimum atomic E-state index is 0.470. The van der Waals surface area contributed by atoms with Gasteiger partial charge in [-0.2, -0.15) is 0 Å². The van der Waals surface area contributed by atoms with E-state index in [1.165, 1.54) is 38.5 Å². The van der Waals surface area contributed by atoms with Crippen molar-refractivity contribution in [3.63, 3.8) is 0 Å². The van der Waals surface area contributed by atoms with Crippen LogP contribution < -0.4 is 5.32 Å². The standard InChI is InChI=1S/C18H37N/c1-7-19-17(12-15(3)13-18(4,5)6)16-10-8-14(2)9-11-16/h14-17,19H,7-13H2,1-6H3. The van der Waals surface area contributed by atoms with Crippen LogP contribution in [0.3, 0.4) is 0 Å². The average molecular weight is 268 g/mol. The lowest BCUT2D eigenvalue weighted by Gasteiger charge is -2.35. The smallest absolute Gasteiger partial charge is 0.00977 e. The molecule has 0 aromatic rings. The third-order valence-electron chi connectivity index (χ3n) is 4.71. The van der Waals surface area contributed by atoms with Gasteiger partial charge in [-0.05, 0) is 55.4 Å². The Morgan fingerprint density at radius 1 is 1.11 bits per heavy atom. The second-order valence-corrected chi connectivity index (χ2v) is 8.29. The second-order valence-electron chi connectivity index (χ2n) is 8.29. The monoisotopic (exact) mass is 267 g/mol. The van der Waals surface area contributed by atoms with E-state index in [-0.39, 0.29) is 0 Å². The van der Waals surface area contributed by atoms with Gasteiger partial charge in [0.05, 0.1) is 0 Å². The topological polar surface area (TPSA) is 12.0 Å². The van der Waals surface area contributed by atoms with Crippen LogP contribution in [0, 0.1) is 23.2 Å². The molecule has 0 aliphatic heterocycles. The van der Waals surface area contributed by atoms with Crippen LogP contribution in [0.25, 0.3) is 0 Å². The van der Waals surface area contributed by atoms with Crippen LogP contribution in [0.1, 0.15) is 80.1 Å². The van der Waals surface area contributed by atoms with Crippen molar-refractivity contribution in [1.29, 1.82) is 0 Å². The first-order chi connectivity index (χ1) is 8.81. The van der Waals surface area contributed by atoms with E-state index in [1.54, 1.807) is 0 Å². The van der Waals surface area contributed by atoms with E-state index in [9.17, 15) is 0 Å². The summed E-state index contributed by atoms with van der Waals surface area (Å²) in [5, 5.41) is 3.78. The predicted octanol–water partition coefficient (Wildman–Crippen LogP) is 5.25. The van der Waals surface area contributed by atoms with E-state index in [0.717, 1.165) is 30.3 Å². The minimum Gasteiger partial charge on any atom is -0.314 e. The summed E-state index contributed by atoms with van der Waals surface area (Å²) < 4.78 is 0. The van der Waals surface area contributed by atoms with Crippen molar-refractivity contribution in [2.75, 3.05) is 6.54 Å².